The van der Waals surface area contributed by atoms with Crippen molar-refractivity contribution < 1.29 is 13.3 Å². The summed E-state index contributed by atoms with van der Waals surface area (Å²) in [6, 6.07) is 4.84. The average molecular weight is 493 g/mol. The molecule has 182 valence electrons. The Morgan fingerprint density at radius 1 is 0.567 bits per heavy atom. The molecule has 3 nitrogen and oxygen atoms in total. The number of hydrogen-bond acceptors (Lipinski definition) is 3. The predicted octanol–water partition coefficient (Wildman–Crippen LogP) is 8.36. The van der Waals surface area contributed by atoms with Crippen LogP contribution in [0.2, 0.25) is 76.6 Å². The number of hydrogen-bond donors (Lipinski definition) is 1. The summed E-state index contributed by atoms with van der Waals surface area (Å²) in [5.74, 6) is 0. The third-order valence-corrected chi connectivity index (χ3v) is 21.3. The summed E-state index contributed by atoms with van der Waals surface area (Å²) in [6.45, 7) is 25.5. The molecule has 1 N–H and O–H groups in total. The molecule has 0 aliphatic heterocycles. The van der Waals surface area contributed by atoms with Crippen molar-refractivity contribution in [3.63, 3.8) is 0 Å². The molecule has 1 unspecified atom stereocenters. The second kappa shape index (κ2) is 12.8. The minimum atomic E-state index is -1.64. The quantitative estimate of drug-likeness (QED) is 0.207. The fourth-order valence-electron chi connectivity index (χ4n) is 4.82. The molecule has 0 bridgehead atoms. The molecule has 0 radical (unpaired) electrons. The molecule has 0 amide bonds. The van der Waals surface area contributed by atoms with E-state index >= 15 is 0 Å². The standard InChI is InChI=1S/C23H56O3Si4/c1-12-14-20-28(6,7)26-30(10,11)22-16-18-23(3,24)17-15-21-29(8,9)25-27(4,5)19-13-2/h24H,12-22H2,1-11H3. The Bertz CT molecular complexity index is 477. The van der Waals surface area contributed by atoms with Gasteiger partial charge in [0.15, 0.2) is 33.3 Å². The van der Waals surface area contributed by atoms with Crippen molar-refractivity contribution >= 4 is 33.3 Å². The molecule has 30 heavy (non-hydrogen) atoms. The minimum Gasteiger partial charge on any atom is -0.455 e. The van der Waals surface area contributed by atoms with Crippen LogP contribution in [-0.2, 0) is 8.23 Å². The fourth-order valence-corrected chi connectivity index (χ4v) is 22.9. The highest BCUT2D eigenvalue weighted by Crippen LogP contribution is 2.30. The second-order valence-electron chi connectivity index (χ2n) is 12.3. The number of unbranched alkanes of at least 4 members (excludes halogenated alkanes) is 1. The van der Waals surface area contributed by atoms with Gasteiger partial charge in [0, 0.05) is 0 Å². The highest BCUT2D eigenvalue weighted by molar-refractivity contribution is 6.85. The van der Waals surface area contributed by atoms with Gasteiger partial charge in [0.25, 0.3) is 0 Å². The van der Waals surface area contributed by atoms with E-state index in [0.717, 1.165) is 37.8 Å². The van der Waals surface area contributed by atoms with Crippen LogP contribution in [0.4, 0.5) is 0 Å². The summed E-state index contributed by atoms with van der Waals surface area (Å²) >= 11 is 0. The molecule has 7 heteroatoms. The first-order chi connectivity index (χ1) is 13.4. The Labute approximate surface area is 194 Å². The van der Waals surface area contributed by atoms with Gasteiger partial charge in [-0.05, 0) is 96.3 Å². The first-order valence-corrected chi connectivity index (χ1v) is 25.0. The third-order valence-electron chi connectivity index (χ3n) is 6.08. The Balaban J connectivity index is 4.40. The van der Waals surface area contributed by atoms with E-state index < -0.39 is 38.9 Å². The van der Waals surface area contributed by atoms with Crippen LogP contribution in [0, 0.1) is 0 Å². The molecular weight excluding hydrogens is 437 g/mol. The van der Waals surface area contributed by atoms with Crippen molar-refractivity contribution in [2.24, 2.45) is 0 Å². The summed E-state index contributed by atoms with van der Waals surface area (Å²) in [7, 11) is -6.32. The number of aliphatic hydroxyl groups is 1. The summed E-state index contributed by atoms with van der Waals surface area (Å²) in [6.07, 6.45) is 7.72. The highest BCUT2D eigenvalue weighted by atomic mass is 28.4. The molecule has 0 aromatic rings. The van der Waals surface area contributed by atoms with Gasteiger partial charge < -0.3 is 13.3 Å². The molecule has 0 aliphatic carbocycles. The average Bonchev–Trinajstić information content (AvgIpc) is 2.49. The number of rotatable bonds is 17. The molecule has 0 fully saturated rings. The van der Waals surface area contributed by atoms with E-state index in [-0.39, 0.29) is 0 Å². The van der Waals surface area contributed by atoms with Gasteiger partial charge >= 0.3 is 0 Å². The van der Waals surface area contributed by atoms with Crippen molar-refractivity contribution in [2.45, 2.75) is 148 Å². The van der Waals surface area contributed by atoms with Crippen LogP contribution in [0.15, 0.2) is 0 Å². The van der Waals surface area contributed by atoms with E-state index in [9.17, 15) is 5.11 Å². The lowest BCUT2D eigenvalue weighted by Crippen LogP contribution is -2.44. The largest absolute Gasteiger partial charge is 0.455 e. The Morgan fingerprint density at radius 3 is 1.23 bits per heavy atom. The van der Waals surface area contributed by atoms with Crippen molar-refractivity contribution in [3.8, 4) is 0 Å². The molecule has 0 aromatic carbocycles. The Morgan fingerprint density at radius 2 is 0.900 bits per heavy atom. The van der Waals surface area contributed by atoms with Crippen LogP contribution >= 0.6 is 0 Å². The fraction of sp³-hybridized carbons (Fsp3) is 1.00. The SMILES string of the molecule is CCCC[Si](C)(C)O[Si](C)(C)CCCC(C)(O)CCC[Si](C)(C)O[Si](C)(C)CCC. The zero-order valence-electron chi connectivity index (χ0n) is 22.5. The van der Waals surface area contributed by atoms with Crippen molar-refractivity contribution in [3.05, 3.63) is 0 Å². The van der Waals surface area contributed by atoms with Crippen LogP contribution in [0.1, 0.15) is 65.7 Å². The second-order valence-corrected chi connectivity index (χ2v) is 30.0. The lowest BCUT2D eigenvalue weighted by Gasteiger charge is -2.35. The van der Waals surface area contributed by atoms with Gasteiger partial charge in [0.1, 0.15) is 0 Å². The van der Waals surface area contributed by atoms with Gasteiger partial charge in [0.05, 0.1) is 5.60 Å². The van der Waals surface area contributed by atoms with E-state index in [1.807, 2.05) is 6.92 Å². The Kier molecular flexibility index (Phi) is 13.2. The molecule has 0 aromatic heterocycles. The lowest BCUT2D eigenvalue weighted by atomic mass is 9.95. The monoisotopic (exact) mass is 492 g/mol. The first kappa shape index (κ1) is 30.7. The maximum atomic E-state index is 10.9. The van der Waals surface area contributed by atoms with Gasteiger partial charge in [-0.15, -0.1) is 0 Å². The molecule has 0 saturated carbocycles. The summed E-state index contributed by atoms with van der Waals surface area (Å²) in [4.78, 5) is 0. The van der Waals surface area contributed by atoms with Crippen molar-refractivity contribution in [1.29, 1.82) is 0 Å². The molecular formula is C23H56O3Si4. The molecule has 0 spiro atoms. The molecule has 1 atom stereocenters. The van der Waals surface area contributed by atoms with E-state index in [1.54, 1.807) is 0 Å². The van der Waals surface area contributed by atoms with Gasteiger partial charge in [-0.2, -0.15) is 0 Å². The van der Waals surface area contributed by atoms with E-state index in [0.29, 0.717) is 0 Å². The van der Waals surface area contributed by atoms with Crippen molar-refractivity contribution in [1.82, 2.24) is 0 Å². The third kappa shape index (κ3) is 15.5. The zero-order valence-corrected chi connectivity index (χ0v) is 26.5. The van der Waals surface area contributed by atoms with Crippen LogP contribution in [0.25, 0.3) is 0 Å². The summed E-state index contributed by atoms with van der Waals surface area (Å²) in [5, 5.41) is 10.9. The lowest BCUT2D eigenvalue weighted by molar-refractivity contribution is 0.0401. The van der Waals surface area contributed by atoms with Gasteiger partial charge in [-0.1, -0.05) is 46.0 Å². The molecule has 0 rings (SSSR count). The van der Waals surface area contributed by atoms with Crippen LogP contribution in [-0.4, -0.2) is 44.0 Å². The topological polar surface area (TPSA) is 38.7 Å². The summed E-state index contributed by atoms with van der Waals surface area (Å²) < 4.78 is 13.4. The summed E-state index contributed by atoms with van der Waals surface area (Å²) in [5.41, 5.74) is -0.555. The molecule has 0 heterocycles. The van der Waals surface area contributed by atoms with E-state index in [4.69, 9.17) is 8.23 Å². The van der Waals surface area contributed by atoms with E-state index in [2.05, 4.69) is 66.2 Å². The van der Waals surface area contributed by atoms with Crippen LogP contribution in [0.3, 0.4) is 0 Å². The minimum absolute atomic E-state index is 0.555. The van der Waals surface area contributed by atoms with Gasteiger partial charge in [-0.25, -0.2) is 0 Å². The molecule has 0 aliphatic rings. The van der Waals surface area contributed by atoms with Crippen LogP contribution in [0.5, 0.6) is 0 Å². The normalized spacial score (nSPS) is 16.0. The zero-order chi connectivity index (χ0) is 23.7. The maximum absolute atomic E-state index is 10.9. The maximum Gasteiger partial charge on any atom is 0.173 e. The van der Waals surface area contributed by atoms with E-state index in [1.165, 1.54) is 31.4 Å². The Hall–Kier alpha value is 0.748. The molecule has 0 saturated heterocycles. The van der Waals surface area contributed by atoms with Gasteiger partial charge in [0.2, 0.25) is 0 Å². The first-order valence-electron chi connectivity index (χ1n) is 12.6. The van der Waals surface area contributed by atoms with Crippen LogP contribution < -0.4 is 0 Å². The van der Waals surface area contributed by atoms with Gasteiger partial charge in [-0.3, -0.25) is 0 Å². The predicted molar refractivity (Wildman–Crippen MR) is 146 cm³/mol. The highest BCUT2D eigenvalue weighted by Gasteiger charge is 2.34. The smallest absolute Gasteiger partial charge is 0.173 e. The van der Waals surface area contributed by atoms with Crippen molar-refractivity contribution in [2.75, 3.05) is 0 Å².